The predicted molar refractivity (Wildman–Crippen MR) is 109 cm³/mol. The zero-order valence-corrected chi connectivity index (χ0v) is 16.4. The lowest BCUT2D eigenvalue weighted by Crippen LogP contribution is -2.47. The largest absolute Gasteiger partial charge is 0.480 e. The highest BCUT2D eigenvalue weighted by Gasteiger charge is 2.25. The van der Waals surface area contributed by atoms with Crippen molar-refractivity contribution in [3.05, 3.63) is 81.5 Å². The Morgan fingerprint density at radius 3 is 2.30 bits per heavy atom. The van der Waals surface area contributed by atoms with Gasteiger partial charge in [0.2, 0.25) is 0 Å². The Kier molecular flexibility index (Phi) is 7.40. The lowest BCUT2D eigenvalue weighted by atomic mass is 10.0. The van der Waals surface area contributed by atoms with Gasteiger partial charge in [0.25, 0.3) is 17.5 Å². The first-order valence-electron chi connectivity index (χ1n) is 9.05. The fourth-order valence-corrected chi connectivity index (χ4v) is 2.57. The van der Waals surface area contributed by atoms with Crippen LogP contribution in [-0.2, 0) is 9.59 Å². The number of hydrogen-bond acceptors (Lipinski definition) is 5. The Morgan fingerprint density at radius 1 is 1.07 bits per heavy atom. The van der Waals surface area contributed by atoms with Crippen molar-refractivity contribution in [3.63, 3.8) is 0 Å². The molecule has 2 rings (SSSR count). The molecule has 30 heavy (non-hydrogen) atoms. The number of carbonyl (C=O) groups is 3. The number of hydrogen-bond donors (Lipinski definition) is 3. The molecule has 0 aliphatic heterocycles. The molecule has 1 atom stereocenters. The predicted octanol–water partition coefficient (Wildman–Crippen LogP) is 2.59. The van der Waals surface area contributed by atoms with Crippen LogP contribution in [0.3, 0.4) is 0 Å². The maximum Gasteiger partial charge on any atom is 0.326 e. The summed E-state index contributed by atoms with van der Waals surface area (Å²) >= 11 is 0. The number of benzene rings is 2. The molecule has 2 amide bonds. The van der Waals surface area contributed by atoms with Crippen LogP contribution in [-0.4, -0.2) is 33.9 Å². The fourth-order valence-electron chi connectivity index (χ4n) is 2.57. The number of non-ortho nitro benzene ring substituents is 1. The van der Waals surface area contributed by atoms with E-state index in [0.717, 1.165) is 0 Å². The zero-order valence-electron chi connectivity index (χ0n) is 16.4. The van der Waals surface area contributed by atoms with Gasteiger partial charge in [0.1, 0.15) is 11.7 Å². The normalized spacial score (nSPS) is 12.2. The fraction of sp³-hybridized carbons (Fsp3) is 0.190. The first kappa shape index (κ1) is 22.3. The molecule has 0 saturated carbocycles. The summed E-state index contributed by atoms with van der Waals surface area (Å²) < 4.78 is 0. The van der Waals surface area contributed by atoms with E-state index in [4.69, 9.17) is 0 Å². The molecule has 0 saturated heterocycles. The summed E-state index contributed by atoms with van der Waals surface area (Å²) in [5.41, 5.74) is 0.146. The van der Waals surface area contributed by atoms with Crippen molar-refractivity contribution in [1.82, 2.24) is 10.6 Å². The van der Waals surface area contributed by atoms with Gasteiger partial charge in [0.15, 0.2) is 0 Å². The van der Waals surface area contributed by atoms with Gasteiger partial charge in [-0.3, -0.25) is 19.7 Å². The van der Waals surface area contributed by atoms with Gasteiger partial charge in [-0.25, -0.2) is 4.79 Å². The molecule has 0 spiro atoms. The molecule has 0 bridgehead atoms. The van der Waals surface area contributed by atoms with Crippen molar-refractivity contribution < 1.29 is 24.4 Å². The van der Waals surface area contributed by atoms with Crippen LogP contribution in [0.25, 0.3) is 6.08 Å². The highest BCUT2D eigenvalue weighted by molar-refractivity contribution is 6.06. The quantitative estimate of drug-likeness (QED) is 0.347. The van der Waals surface area contributed by atoms with E-state index < -0.39 is 34.7 Å². The van der Waals surface area contributed by atoms with Crippen molar-refractivity contribution in [2.75, 3.05) is 0 Å². The minimum absolute atomic E-state index is 0.191. The number of rotatable bonds is 8. The third-order valence-electron chi connectivity index (χ3n) is 4.14. The molecule has 3 N–H and O–H groups in total. The molecular weight excluding hydrogens is 390 g/mol. The Labute approximate surface area is 172 Å². The second-order valence-electron chi connectivity index (χ2n) is 6.76. The molecule has 9 heteroatoms. The van der Waals surface area contributed by atoms with E-state index in [0.29, 0.717) is 5.56 Å². The Bertz CT molecular complexity index is 985. The molecule has 0 unspecified atom stereocenters. The third-order valence-corrected chi connectivity index (χ3v) is 4.14. The molecule has 2 aromatic rings. The number of amides is 2. The van der Waals surface area contributed by atoms with E-state index in [1.54, 1.807) is 44.2 Å². The summed E-state index contributed by atoms with van der Waals surface area (Å²) in [6.07, 6.45) is 1.25. The Balaban J connectivity index is 2.40. The molecular formula is C21H21N3O6. The number of nitro groups is 1. The van der Waals surface area contributed by atoms with E-state index in [1.165, 1.54) is 30.3 Å². The summed E-state index contributed by atoms with van der Waals surface area (Å²) in [7, 11) is 0. The van der Waals surface area contributed by atoms with Gasteiger partial charge < -0.3 is 15.7 Å². The van der Waals surface area contributed by atoms with E-state index in [1.807, 2.05) is 0 Å². The van der Waals surface area contributed by atoms with Crippen molar-refractivity contribution in [3.8, 4) is 0 Å². The summed E-state index contributed by atoms with van der Waals surface area (Å²) in [5.74, 6) is -3.04. The maximum atomic E-state index is 12.8. The van der Waals surface area contributed by atoms with E-state index in [2.05, 4.69) is 10.6 Å². The third kappa shape index (κ3) is 5.99. The molecule has 2 aromatic carbocycles. The van der Waals surface area contributed by atoms with Crippen LogP contribution < -0.4 is 10.6 Å². The van der Waals surface area contributed by atoms with Gasteiger partial charge in [0.05, 0.1) is 4.92 Å². The number of carbonyl (C=O) groups excluding carboxylic acids is 2. The van der Waals surface area contributed by atoms with Crippen molar-refractivity contribution in [2.45, 2.75) is 19.9 Å². The number of carboxylic acid groups (broad SMARTS) is 1. The first-order valence-corrected chi connectivity index (χ1v) is 9.05. The minimum atomic E-state index is -1.22. The molecule has 0 aliphatic rings. The number of nitrogens with zero attached hydrogens (tertiary/aromatic N) is 1. The number of nitrogens with one attached hydrogen (secondary N) is 2. The average molecular weight is 411 g/mol. The van der Waals surface area contributed by atoms with E-state index >= 15 is 0 Å². The highest BCUT2D eigenvalue weighted by Crippen LogP contribution is 2.16. The summed E-state index contributed by atoms with van der Waals surface area (Å²) in [6.45, 7) is 3.26. The van der Waals surface area contributed by atoms with Gasteiger partial charge >= 0.3 is 5.97 Å². The van der Waals surface area contributed by atoms with Crippen molar-refractivity contribution >= 4 is 29.5 Å². The topological polar surface area (TPSA) is 139 Å². The van der Waals surface area contributed by atoms with Crippen molar-refractivity contribution in [1.29, 1.82) is 0 Å². The molecule has 9 nitrogen and oxygen atoms in total. The molecule has 0 aromatic heterocycles. The van der Waals surface area contributed by atoms with Crippen LogP contribution in [0.4, 0.5) is 5.69 Å². The van der Waals surface area contributed by atoms with E-state index in [-0.39, 0.29) is 16.9 Å². The molecule has 0 aliphatic carbocycles. The zero-order chi connectivity index (χ0) is 22.3. The molecule has 0 fully saturated rings. The van der Waals surface area contributed by atoms with Crippen LogP contribution in [0, 0.1) is 16.0 Å². The highest BCUT2D eigenvalue weighted by atomic mass is 16.6. The molecule has 0 heterocycles. The number of nitro benzene ring substituents is 1. The number of aliphatic carboxylic acids is 1. The maximum absolute atomic E-state index is 12.8. The summed E-state index contributed by atoms with van der Waals surface area (Å²) in [6, 6.07) is 12.4. The first-order chi connectivity index (χ1) is 14.2. The van der Waals surface area contributed by atoms with Crippen LogP contribution >= 0.6 is 0 Å². The van der Waals surface area contributed by atoms with Crippen molar-refractivity contribution in [2.24, 2.45) is 5.92 Å². The monoisotopic (exact) mass is 411 g/mol. The standard InChI is InChI=1S/C21H21N3O6/c1-13(2)18(21(27)28)23-20(26)17(22-19(25)15-8-4-3-5-9-15)12-14-7-6-10-16(11-14)24(29)30/h3-13,18H,1-2H3,(H,22,25)(H,23,26)(H,27,28)/t18-/m0/s1. The lowest BCUT2D eigenvalue weighted by molar-refractivity contribution is -0.384. The van der Waals surface area contributed by atoms with Crippen LogP contribution in [0.15, 0.2) is 60.3 Å². The molecule has 0 radical (unpaired) electrons. The summed E-state index contributed by atoms with van der Waals surface area (Å²) in [5, 5.41) is 25.2. The van der Waals surface area contributed by atoms with Crippen LogP contribution in [0.5, 0.6) is 0 Å². The molecule has 156 valence electrons. The van der Waals surface area contributed by atoms with Gasteiger partial charge in [-0.2, -0.15) is 0 Å². The number of carboxylic acids is 1. The van der Waals surface area contributed by atoms with Crippen LogP contribution in [0.1, 0.15) is 29.8 Å². The summed E-state index contributed by atoms with van der Waals surface area (Å²) in [4.78, 5) is 47.1. The van der Waals surface area contributed by atoms with Gasteiger partial charge in [0, 0.05) is 17.7 Å². The van der Waals surface area contributed by atoms with Gasteiger partial charge in [-0.15, -0.1) is 0 Å². The van der Waals surface area contributed by atoms with Gasteiger partial charge in [-0.1, -0.05) is 44.2 Å². The second-order valence-corrected chi connectivity index (χ2v) is 6.76. The lowest BCUT2D eigenvalue weighted by Gasteiger charge is -2.19. The van der Waals surface area contributed by atoms with E-state index in [9.17, 15) is 29.6 Å². The van der Waals surface area contributed by atoms with Gasteiger partial charge in [-0.05, 0) is 29.7 Å². The van der Waals surface area contributed by atoms with Crippen LogP contribution in [0.2, 0.25) is 0 Å². The minimum Gasteiger partial charge on any atom is -0.480 e. The smallest absolute Gasteiger partial charge is 0.326 e. The average Bonchev–Trinajstić information content (AvgIpc) is 2.71. The second kappa shape index (κ2) is 9.97. The SMILES string of the molecule is CC(C)[C@H](NC(=O)C(=Cc1cccc([N+](=O)[O-])c1)NC(=O)c1ccccc1)C(=O)O. The Hall–Kier alpha value is -4.01. The Morgan fingerprint density at radius 2 is 1.73 bits per heavy atom.